The van der Waals surface area contributed by atoms with Crippen molar-refractivity contribution in [1.29, 1.82) is 0 Å². The molecule has 1 aliphatic heterocycles. The number of fused-ring (bicyclic) bond motifs is 1. The first-order valence-electron chi connectivity index (χ1n) is 9.16. The molecule has 28 heavy (non-hydrogen) atoms. The Hall–Kier alpha value is -3.45. The van der Waals surface area contributed by atoms with Gasteiger partial charge in [0.25, 0.3) is 11.8 Å². The van der Waals surface area contributed by atoms with E-state index in [2.05, 4.69) is 28.0 Å². The van der Waals surface area contributed by atoms with Gasteiger partial charge in [0, 0.05) is 29.5 Å². The molecule has 0 saturated carbocycles. The van der Waals surface area contributed by atoms with E-state index in [9.17, 15) is 9.59 Å². The fraction of sp³-hybridized carbons (Fsp3) is 0.190. The quantitative estimate of drug-likeness (QED) is 0.654. The fourth-order valence-electron chi connectivity index (χ4n) is 3.09. The number of rotatable bonds is 4. The highest BCUT2D eigenvalue weighted by atomic mass is 16.2. The fourth-order valence-corrected chi connectivity index (χ4v) is 3.09. The lowest BCUT2D eigenvalue weighted by molar-refractivity contribution is 0.101. The summed E-state index contributed by atoms with van der Waals surface area (Å²) in [5, 5.41) is 13.4. The van der Waals surface area contributed by atoms with Gasteiger partial charge in [-0.25, -0.2) is 0 Å². The highest BCUT2D eigenvalue weighted by Gasteiger charge is 2.19. The smallest absolute Gasteiger partial charge is 0.276 e. The van der Waals surface area contributed by atoms with E-state index in [1.807, 2.05) is 35.0 Å². The first-order valence-corrected chi connectivity index (χ1v) is 9.16. The van der Waals surface area contributed by atoms with E-state index in [0.717, 1.165) is 17.9 Å². The molecule has 1 aliphatic rings. The van der Waals surface area contributed by atoms with Crippen molar-refractivity contribution in [1.82, 2.24) is 15.1 Å². The number of hydrogen-bond acceptors (Lipinski definition) is 4. The number of hydrogen-bond donors (Lipinski definition) is 3. The van der Waals surface area contributed by atoms with Crippen LogP contribution in [-0.4, -0.2) is 27.6 Å². The Kier molecular flexibility index (Phi) is 4.90. The van der Waals surface area contributed by atoms with E-state index in [1.165, 1.54) is 0 Å². The van der Waals surface area contributed by atoms with Crippen LogP contribution in [0.1, 0.15) is 33.5 Å². The third-order valence-corrected chi connectivity index (χ3v) is 4.61. The van der Waals surface area contributed by atoms with Crippen LogP contribution in [0.15, 0.2) is 60.7 Å². The number of anilines is 2. The minimum absolute atomic E-state index is 0.201. The lowest BCUT2D eigenvalue weighted by Crippen LogP contribution is -2.36. The molecule has 7 heteroatoms. The number of nitrogens with zero attached hydrogens (tertiary/aromatic N) is 2. The summed E-state index contributed by atoms with van der Waals surface area (Å²) >= 11 is 0. The lowest BCUT2D eigenvalue weighted by Gasteiger charge is -2.21. The third kappa shape index (κ3) is 3.94. The van der Waals surface area contributed by atoms with Crippen LogP contribution < -0.4 is 16.0 Å². The van der Waals surface area contributed by atoms with E-state index >= 15 is 0 Å². The first kappa shape index (κ1) is 17.9. The molecule has 142 valence electrons. The molecule has 3 aromatic rings. The largest absolute Gasteiger partial charge is 0.322 e. The molecule has 2 amide bonds. The Balaban J connectivity index is 1.40. The van der Waals surface area contributed by atoms with E-state index in [1.54, 1.807) is 30.3 Å². The number of benzene rings is 2. The van der Waals surface area contributed by atoms with Crippen molar-refractivity contribution in [3.05, 3.63) is 77.6 Å². The zero-order chi connectivity index (χ0) is 19.5. The molecule has 0 aliphatic carbocycles. The Morgan fingerprint density at radius 3 is 2.43 bits per heavy atom. The summed E-state index contributed by atoms with van der Waals surface area (Å²) in [7, 11) is 0. The molecular weight excluding hydrogens is 354 g/mol. The molecule has 2 aromatic carbocycles. The Bertz CT molecular complexity index is 995. The number of carbonyl (C=O) groups excluding carboxylic acids is 2. The zero-order valence-electron chi connectivity index (χ0n) is 15.5. The highest BCUT2D eigenvalue weighted by Crippen LogP contribution is 2.15. The van der Waals surface area contributed by atoms with Crippen molar-refractivity contribution in [2.75, 3.05) is 10.6 Å². The average molecular weight is 375 g/mol. The summed E-state index contributed by atoms with van der Waals surface area (Å²) in [6.45, 7) is 3.53. The van der Waals surface area contributed by atoms with Crippen LogP contribution in [-0.2, 0) is 13.1 Å². The van der Waals surface area contributed by atoms with Gasteiger partial charge < -0.3 is 16.0 Å². The SMILES string of the molecule is CC1Cn2nc(C(=O)Nc3ccc(C(=O)Nc4ccccc4)cc3)cc2CN1. The number of nitrogens with one attached hydrogen (secondary N) is 3. The van der Waals surface area contributed by atoms with Crippen LogP contribution in [0.2, 0.25) is 0 Å². The van der Waals surface area contributed by atoms with Gasteiger partial charge in [0.2, 0.25) is 0 Å². The molecule has 3 N–H and O–H groups in total. The van der Waals surface area contributed by atoms with Gasteiger partial charge in [-0.15, -0.1) is 0 Å². The minimum atomic E-state index is -0.268. The molecule has 0 radical (unpaired) electrons. The van der Waals surface area contributed by atoms with Gasteiger partial charge in [-0.05, 0) is 49.4 Å². The van der Waals surface area contributed by atoms with Gasteiger partial charge in [0.05, 0.1) is 12.2 Å². The molecule has 0 bridgehead atoms. The van der Waals surface area contributed by atoms with Crippen molar-refractivity contribution in [2.45, 2.75) is 26.1 Å². The summed E-state index contributed by atoms with van der Waals surface area (Å²) in [6, 6.07) is 18.2. The third-order valence-electron chi connectivity index (χ3n) is 4.61. The Morgan fingerprint density at radius 2 is 1.68 bits per heavy atom. The van der Waals surface area contributed by atoms with Crippen molar-refractivity contribution < 1.29 is 9.59 Å². The molecule has 0 spiro atoms. The van der Waals surface area contributed by atoms with Crippen molar-refractivity contribution in [3.8, 4) is 0 Å². The lowest BCUT2D eigenvalue weighted by atomic mass is 10.2. The number of amides is 2. The molecule has 1 aromatic heterocycles. The monoisotopic (exact) mass is 375 g/mol. The maximum atomic E-state index is 12.5. The number of aromatic nitrogens is 2. The normalized spacial score (nSPS) is 15.5. The first-order chi connectivity index (χ1) is 13.6. The van der Waals surface area contributed by atoms with Crippen LogP contribution >= 0.6 is 0 Å². The summed E-state index contributed by atoms with van der Waals surface area (Å²) in [6.07, 6.45) is 0. The predicted molar refractivity (Wildman–Crippen MR) is 107 cm³/mol. The number of para-hydroxylation sites is 1. The molecule has 1 unspecified atom stereocenters. The van der Waals surface area contributed by atoms with Gasteiger partial charge in [0.15, 0.2) is 5.69 Å². The van der Waals surface area contributed by atoms with Crippen LogP contribution in [0, 0.1) is 0 Å². The van der Waals surface area contributed by atoms with Gasteiger partial charge in [-0.1, -0.05) is 18.2 Å². The van der Waals surface area contributed by atoms with Gasteiger partial charge in [-0.2, -0.15) is 5.10 Å². The molecular formula is C21H21N5O2. The van der Waals surface area contributed by atoms with Gasteiger partial charge in [-0.3, -0.25) is 14.3 Å². The van der Waals surface area contributed by atoms with E-state index < -0.39 is 0 Å². The maximum Gasteiger partial charge on any atom is 0.276 e. The van der Waals surface area contributed by atoms with Crippen molar-refractivity contribution >= 4 is 23.2 Å². The Morgan fingerprint density at radius 1 is 1.00 bits per heavy atom. The summed E-state index contributed by atoms with van der Waals surface area (Å²) in [5.74, 6) is -0.469. The minimum Gasteiger partial charge on any atom is -0.322 e. The van der Waals surface area contributed by atoms with Crippen LogP contribution in [0.5, 0.6) is 0 Å². The zero-order valence-corrected chi connectivity index (χ0v) is 15.5. The topological polar surface area (TPSA) is 88.0 Å². The van der Waals surface area contributed by atoms with E-state index in [0.29, 0.717) is 29.5 Å². The van der Waals surface area contributed by atoms with E-state index in [4.69, 9.17) is 0 Å². The second-order valence-electron chi connectivity index (χ2n) is 6.84. The molecule has 4 rings (SSSR count). The van der Waals surface area contributed by atoms with Crippen molar-refractivity contribution in [2.24, 2.45) is 0 Å². The maximum absolute atomic E-state index is 12.5. The molecule has 7 nitrogen and oxygen atoms in total. The summed E-state index contributed by atoms with van der Waals surface area (Å²) in [4.78, 5) is 24.8. The standard InChI is InChI=1S/C21H21N5O2/c1-14-13-26-18(12-22-14)11-19(25-26)21(28)24-17-9-7-15(8-10-17)20(27)23-16-5-3-2-4-6-16/h2-11,14,22H,12-13H2,1H3,(H,23,27)(H,24,28). The molecule has 2 heterocycles. The van der Waals surface area contributed by atoms with E-state index in [-0.39, 0.29) is 11.8 Å². The van der Waals surface area contributed by atoms with Crippen LogP contribution in [0.4, 0.5) is 11.4 Å². The second-order valence-corrected chi connectivity index (χ2v) is 6.84. The Labute approximate surface area is 162 Å². The average Bonchev–Trinajstić information content (AvgIpc) is 3.12. The van der Waals surface area contributed by atoms with Crippen LogP contribution in [0.3, 0.4) is 0 Å². The summed E-state index contributed by atoms with van der Waals surface area (Å²) < 4.78 is 1.87. The van der Waals surface area contributed by atoms with Crippen LogP contribution in [0.25, 0.3) is 0 Å². The van der Waals surface area contributed by atoms with Gasteiger partial charge >= 0.3 is 0 Å². The molecule has 0 saturated heterocycles. The summed E-state index contributed by atoms with van der Waals surface area (Å²) in [5.41, 5.74) is 3.24. The second kappa shape index (κ2) is 7.66. The highest BCUT2D eigenvalue weighted by molar-refractivity contribution is 6.05. The van der Waals surface area contributed by atoms with Crippen molar-refractivity contribution in [3.63, 3.8) is 0 Å². The molecule has 0 fully saturated rings. The van der Waals surface area contributed by atoms with Gasteiger partial charge in [0.1, 0.15) is 0 Å². The number of carbonyl (C=O) groups is 2. The molecule has 1 atom stereocenters. The predicted octanol–water partition coefficient (Wildman–Crippen LogP) is 2.88.